The van der Waals surface area contributed by atoms with Crippen LogP contribution in [0.25, 0.3) is 0 Å². The number of hydrogen-bond donors (Lipinski definition) is 3. The number of primary amides is 1. The molecule has 0 bridgehead atoms. The minimum atomic E-state index is -3.29. The number of sulfonamides is 1. The van der Waals surface area contributed by atoms with E-state index in [0.717, 1.165) is 25.5 Å². The first-order chi connectivity index (χ1) is 11.3. The Morgan fingerprint density at radius 1 is 1.25 bits per heavy atom. The van der Waals surface area contributed by atoms with Crippen LogP contribution >= 0.6 is 0 Å². The summed E-state index contributed by atoms with van der Waals surface area (Å²) in [6.45, 7) is 0.808. The Labute approximate surface area is 141 Å². The molecule has 132 valence electrons. The third-order valence-electron chi connectivity index (χ3n) is 3.87. The maximum atomic E-state index is 12.7. The third kappa shape index (κ3) is 5.20. The van der Waals surface area contributed by atoms with Crippen LogP contribution in [-0.4, -0.2) is 50.6 Å². The Morgan fingerprint density at radius 3 is 2.50 bits per heavy atom. The van der Waals surface area contributed by atoms with Gasteiger partial charge in [-0.1, -0.05) is 0 Å². The van der Waals surface area contributed by atoms with Crippen LogP contribution < -0.4 is 15.8 Å². The van der Waals surface area contributed by atoms with E-state index in [-0.39, 0.29) is 18.5 Å². The molecule has 1 fully saturated rings. The smallest absolute Gasteiger partial charge is 0.316 e. The highest BCUT2D eigenvalue weighted by Gasteiger charge is 2.28. The average Bonchev–Trinajstić information content (AvgIpc) is 2.52. The number of benzene rings is 1. The predicted molar refractivity (Wildman–Crippen MR) is 91.2 cm³/mol. The molecule has 8 nitrogen and oxygen atoms in total. The lowest BCUT2D eigenvalue weighted by Gasteiger charge is -2.35. The number of carbonyl (C=O) groups excluding carboxylic acids is 2. The van der Waals surface area contributed by atoms with Gasteiger partial charge in [-0.2, -0.15) is 0 Å². The van der Waals surface area contributed by atoms with Crippen LogP contribution in [-0.2, 0) is 10.0 Å². The standard InChI is InChI=1S/C15H22N4O4S/c1-24(22,23)17-10-13-4-2-3-9-19(13)14(20)11-5-7-12(8-6-11)18-15(16)21/h5-8,13,17H,2-4,9-10H2,1H3,(H3,16,18,21). The second-order valence-electron chi connectivity index (χ2n) is 5.84. The number of carbonyl (C=O) groups is 2. The van der Waals surface area contributed by atoms with Gasteiger partial charge in [0.05, 0.1) is 6.26 Å². The summed E-state index contributed by atoms with van der Waals surface area (Å²) >= 11 is 0. The number of nitrogens with one attached hydrogen (secondary N) is 2. The summed E-state index contributed by atoms with van der Waals surface area (Å²) in [5, 5.41) is 2.43. The minimum absolute atomic E-state index is 0.152. The van der Waals surface area contributed by atoms with Crippen molar-refractivity contribution in [2.75, 3.05) is 24.7 Å². The molecule has 24 heavy (non-hydrogen) atoms. The van der Waals surface area contributed by atoms with Gasteiger partial charge in [0.2, 0.25) is 10.0 Å². The molecule has 0 saturated carbocycles. The largest absolute Gasteiger partial charge is 0.351 e. The van der Waals surface area contributed by atoms with Crippen LogP contribution in [0.5, 0.6) is 0 Å². The molecule has 1 heterocycles. The number of likely N-dealkylation sites (tertiary alicyclic amines) is 1. The molecule has 0 radical (unpaired) electrons. The lowest BCUT2D eigenvalue weighted by atomic mass is 10.0. The van der Waals surface area contributed by atoms with Crippen molar-refractivity contribution in [2.24, 2.45) is 5.73 Å². The zero-order valence-electron chi connectivity index (χ0n) is 13.5. The second kappa shape index (κ2) is 7.63. The Kier molecular flexibility index (Phi) is 5.79. The maximum Gasteiger partial charge on any atom is 0.316 e. The maximum absolute atomic E-state index is 12.7. The first kappa shape index (κ1) is 18.2. The molecule has 1 atom stereocenters. The van der Waals surface area contributed by atoms with Gasteiger partial charge in [0, 0.05) is 30.4 Å². The van der Waals surface area contributed by atoms with E-state index in [0.29, 0.717) is 17.8 Å². The number of anilines is 1. The number of amides is 3. The molecule has 0 aliphatic carbocycles. The second-order valence-corrected chi connectivity index (χ2v) is 7.67. The van der Waals surface area contributed by atoms with Crippen molar-refractivity contribution >= 4 is 27.6 Å². The lowest BCUT2D eigenvalue weighted by molar-refractivity contribution is 0.0619. The molecule has 1 aromatic rings. The van der Waals surface area contributed by atoms with Gasteiger partial charge in [0.15, 0.2) is 0 Å². The lowest BCUT2D eigenvalue weighted by Crippen LogP contribution is -2.49. The molecule has 2 rings (SSSR count). The number of rotatable bonds is 5. The van der Waals surface area contributed by atoms with Crippen LogP contribution in [0.3, 0.4) is 0 Å². The van der Waals surface area contributed by atoms with Crippen molar-refractivity contribution in [3.05, 3.63) is 29.8 Å². The van der Waals surface area contributed by atoms with E-state index in [2.05, 4.69) is 10.0 Å². The molecular weight excluding hydrogens is 332 g/mol. The molecule has 1 unspecified atom stereocenters. The molecule has 1 aliphatic rings. The monoisotopic (exact) mass is 354 g/mol. The summed E-state index contributed by atoms with van der Waals surface area (Å²) in [5.74, 6) is -0.152. The molecule has 1 aromatic carbocycles. The van der Waals surface area contributed by atoms with Gasteiger partial charge in [-0.05, 0) is 43.5 Å². The Bertz CT molecular complexity index is 703. The Morgan fingerprint density at radius 2 is 1.92 bits per heavy atom. The van der Waals surface area contributed by atoms with Crippen LogP contribution in [0.2, 0.25) is 0 Å². The Balaban J connectivity index is 2.08. The van der Waals surface area contributed by atoms with Gasteiger partial charge in [0.1, 0.15) is 0 Å². The fourth-order valence-corrected chi connectivity index (χ4v) is 3.23. The van der Waals surface area contributed by atoms with Gasteiger partial charge in [-0.3, -0.25) is 4.79 Å². The van der Waals surface area contributed by atoms with E-state index in [4.69, 9.17) is 5.73 Å². The van der Waals surface area contributed by atoms with Gasteiger partial charge >= 0.3 is 6.03 Å². The average molecular weight is 354 g/mol. The van der Waals surface area contributed by atoms with Crippen molar-refractivity contribution in [3.8, 4) is 0 Å². The van der Waals surface area contributed by atoms with Crippen molar-refractivity contribution in [1.82, 2.24) is 9.62 Å². The van der Waals surface area contributed by atoms with Crippen LogP contribution in [0.4, 0.5) is 10.5 Å². The zero-order chi connectivity index (χ0) is 17.7. The van der Waals surface area contributed by atoms with Crippen molar-refractivity contribution in [2.45, 2.75) is 25.3 Å². The van der Waals surface area contributed by atoms with Crippen molar-refractivity contribution in [3.63, 3.8) is 0 Å². The number of hydrogen-bond acceptors (Lipinski definition) is 4. The van der Waals surface area contributed by atoms with E-state index in [1.54, 1.807) is 29.2 Å². The van der Waals surface area contributed by atoms with Gasteiger partial charge < -0.3 is 16.0 Å². The number of urea groups is 1. The summed E-state index contributed by atoms with van der Waals surface area (Å²) in [6, 6.07) is 5.60. The molecule has 1 saturated heterocycles. The predicted octanol–water partition coefficient (Wildman–Crippen LogP) is 0.721. The van der Waals surface area contributed by atoms with Crippen LogP contribution in [0.15, 0.2) is 24.3 Å². The van der Waals surface area contributed by atoms with Gasteiger partial charge in [-0.25, -0.2) is 17.9 Å². The van der Waals surface area contributed by atoms with E-state index in [9.17, 15) is 18.0 Å². The highest BCUT2D eigenvalue weighted by Crippen LogP contribution is 2.20. The van der Waals surface area contributed by atoms with Gasteiger partial charge in [0.25, 0.3) is 5.91 Å². The first-order valence-electron chi connectivity index (χ1n) is 7.68. The summed E-state index contributed by atoms with van der Waals surface area (Å²) in [6.07, 6.45) is 3.71. The van der Waals surface area contributed by atoms with E-state index >= 15 is 0 Å². The number of nitrogens with two attached hydrogens (primary N) is 1. The molecule has 4 N–H and O–H groups in total. The Hall–Kier alpha value is -2.13. The van der Waals surface area contributed by atoms with Crippen LogP contribution in [0, 0.1) is 0 Å². The minimum Gasteiger partial charge on any atom is -0.351 e. The zero-order valence-corrected chi connectivity index (χ0v) is 14.3. The van der Waals surface area contributed by atoms with Crippen molar-refractivity contribution in [1.29, 1.82) is 0 Å². The molecule has 1 aliphatic heterocycles. The highest BCUT2D eigenvalue weighted by molar-refractivity contribution is 7.88. The van der Waals surface area contributed by atoms with Crippen LogP contribution in [0.1, 0.15) is 29.6 Å². The quantitative estimate of drug-likeness (QED) is 0.721. The summed E-state index contributed by atoms with van der Waals surface area (Å²) in [7, 11) is -3.29. The van der Waals surface area contributed by atoms with Crippen molar-refractivity contribution < 1.29 is 18.0 Å². The summed E-state index contributed by atoms with van der Waals surface area (Å²) in [5.41, 5.74) is 6.03. The molecular formula is C15H22N4O4S. The topological polar surface area (TPSA) is 122 Å². The fourth-order valence-electron chi connectivity index (χ4n) is 2.73. The molecule has 0 aromatic heterocycles. The van der Waals surface area contributed by atoms with Gasteiger partial charge in [-0.15, -0.1) is 0 Å². The highest BCUT2D eigenvalue weighted by atomic mass is 32.2. The molecule has 0 spiro atoms. The van der Waals surface area contributed by atoms with E-state index in [1.807, 2.05) is 0 Å². The van der Waals surface area contributed by atoms with E-state index < -0.39 is 16.1 Å². The SMILES string of the molecule is CS(=O)(=O)NCC1CCCCN1C(=O)c1ccc(NC(N)=O)cc1. The number of piperidine rings is 1. The number of nitrogens with zero attached hydrogens (tertiary/aromatic N) is 1. The fraction of sp³-hybridized carbons (Fsp3) is 0.467. The summed E-state index contributed by atoms with van der Waals surface area (Å²) < 4.78 is 25.0. The summed E-state index contributed by atoms with van der Waals surface area (Å²) in [4.78, 5) is 25.2. The molecule has 9 heteroatoms. The van der Waals surface area contributed by atoms with E-state index in [1.165, 1.54) is 0 Å². The third-order valence-corrected chi connectivity index (χ3v) is 4.56. The normalized spacial score (nSPS) is 18.2. The molecule has 3 amide bonds. The first-order valence-corrected chi connectivity index (χ1v) is 9.57.